The van der Waals surface area contributed by atoms with Crippen LogP contribution in [0.15, 0.2) is 0 Å². The first-order valence-electron chi connectivity index (χ1n) is 35.3. The molecule has 0 spiro atoms. The van der Waals surface area contributed by atoms with Crippen LogP contribution in [0.1, 0.15) is 280 Å². The molecule has 6 amide bonds. The molecule has 0 aromatic heterocycles. The van der Waals surface area contributed by atoms with Crippen molar-refractivity contribution in [3.05, 3.63) is 0 Å². The Labute approximate surface area is 509 Å². The van der Waals surface area contributed by atoms with Crippen LogP contribution < -0.4 is 0 Å². The quantitative estimate of drug-likeness (QED) is 0.0719. The molecular weight excluding hydrogens is 1030 g/mol. The summed E-state index contributed by atoms with van der Waals surface area (Å²) in [5.41, 5.74) is -0.0371. The first-order chi connectivity index (χ1) is 39.7. The van der Waals surface area contributed by atoms with Crippen LogP contribution in [-0.4, -0.2) is 144 Å². The monoisotopic (exact) mass is 1160 g/mol. The smallest absolute Gasteiger partial charge is 0.228 e. The normalized spacial score (nSPS) is 23.1. The van der Waals surface area contributed by atoms with Gasteiger partial charge in [0.2, 0.25) is 35.4 Å². The number of carbonyl (C=O) groups is 6. The summed E-state index contributed by atoms with van der Waals surface area (Å²) in [7, 11) is 5.91. The van der Waals surface area contributed by atoms with Crippen LogP contribution in [0.4, 0.5) is 0 Å². The van der Waals surface area contributed by atoms with Crippen molar-refractivity contribution in [3.63, 3.8) is 0 Å². The van der Waals surface area contributed by atoms with Crippen LogP contribution in [-0.2, 0) is 28.8 Å². The van der Waals surface area contributed by atoms with Gasteiger partial charge in [0.05, 0.1) is 5.41 Å². The maximum Gasteiger partial charge on any atom is 0.228 e. The van der Waals surface area contributed by atoms with Crippen molar-refractivity contribution < 1.29 is 28.8 Å². The van der Waals surface area contributed by atoms with Crippen LogP contribution in [0.2, 0.25) is 0 Å². The Hall–Kier alpha value is -3.18. The molecule has 8 fully saturated rings. The second-order valence-electron chi connectivity index (χ2n) is 30.0. The van der Waals surface area contributed by atoms with Gasteiger partial charge in [-0.3, -0.25) is 28.8 Å². The Morgan fingerprint density at radius 1 is 0.386 bits per heavy atom. The van der Waals surface area contributed by atoms with Gasteiger partial charge in [0, 0.05) is 110 Å². The minimum absolute atomic E-state index is 0.0371. The first kappa shape index (κ1) is 70.6. The van der Waals surface area contributed by atoms with Gasteiger partial charge in [-0.25, -0.2) is 0 Å². The van der Waals surface area contributed by atoms with E-state index in [1.54, 1.807) is 0 Å². The maximum atomic E-state index is 13.3. The lowest BCUT2D eigenvalue weighted by Gasteiger charge is -2.56. The zero-order valence-corrected chi connectivity index (χ0v) is 55.7. The molecule has 8 aliphatic carbocycles. The second kappa shape index (κ2) is 36.8. The lowest BCUT2D eigenvalue weighted by atomic mass is 9.49. The minimum Gasteiger partial charge on any atom is -0.346 e. The van der Waals surface area contributed by atoms with E-state index in [-0.39, 0.29) is 29.1 Å². The molecule has 0 radical (unpaired) electrons. The molecule has 4 bridgehead atoms. The Morgan fingerprint density at radius 3 is 1.12 bits per heavy atom. The van der Waals surface area contributed by atoms with E-state index in [4.69, 9.17) is 0 Å². The summed E-state index contributed by atoms with van der Waals surface area (Å²) in [6.45, 7) is 23.1. The van der Waals surface area contributed by atoms with Crippen molar-refractivity contribution in [1.82, 2.24) is 29.4 Å². The largest absolute Gasteiger partial charge is 0.346 e. The number of carbonyl (C=O) groups excluding carboxylic acids is 6. The zero-order valence-electron chi connectivity index (χ0n) is 55.7. The fourth-order valence-electron chi connectivity index (χ4n) is 16.4. The lowest BCUT2D eigenvalue weighted by molar-refractivity contribution is -0.156. The van der Waals surface area contributed by atoms with Crippen molar-refractivity contribution in [2.45, 2.75) is 292 Å². The van der Waals surface area contributed by atoms with E-state index >= 15 is 0 Å². The highest BCUT2D eigenvalue weighted by Gasteiger charge is 2.55. The zero-order chi connectivity index (χ0) is 60.5. The molecule has 8 saturated carbocycles. The molecule has 478 valence electrons. The number of nitrogens with zero attached hydrogens (tertiary/aromatic N) is 6. The van der Waals surface area contributed by atoms with E-state index in [1.807, 2.05) is 45.6 Å². The number of unbranched alkanes of at least 4 members (excludes halogenated alkanes) is 3. The molecule has 0 atom stereocenters. The summed E-state index contributed by atoms with van der Waals surface area (Å²) in [6.07, 6.45) is 39.0. The van der Waals surface area contributed by atoms with Crippen LogP contribution >= 0.6 is 0 Å². The van der Waals surface area contributed by atoms with E-state index in [9.17, 15) is 28.8 Å². The molecular formula is C71H128N6O6. The summed E-state index contributed by atoms with van der Waals surface area (Å²) < 4.78 is 0. The number of hydrogen-bond donors (Lipinski definition) is 0. The molecule has 0 saturated heterocycles. The molecule has 83 heavy (non-hydrogen) atoms. The Bertz CT molecular complexity index is 1860. The molecule has 12 nitrogen and oxygen atoms in total. The van der Waals surface area contributed by atoms with Crippen LogP contribution in [0, 0.1) is 58.7 Å². The molecule has 8 rings (SSSR count). The van der Waals surface area contributed by atoms with Gasteiger partial charge in [-0.15, -0.1) is 0 Å². The molecule has 0 unspecified atom stereocenters. The van der Waals surface area contributed by atoms with Crippen LogP contribution in [0.5, 0.6) is 0 Å². The number of hydrogen-bond acceptors (Lipinski definition) is 6. The van der Waals surface area contributed by atoms with Crippen molar-refractivity contribution in [3.8, 4) is 0 Å². The third-order valence-electron chi connectivity index (χ3n) is 20.3. The van der Waals surface area contributed by atoms with Gasteiger partial charge < -0.3 is 29.4 Å². The summed E-state index contributed by atoms with van der Waals surface area (Å²) in [5, 5.41) is 0. The topological polar surface area (TPSA) is 122 Å². The van der Waals surface area contributed by atoms with Gasteiger partial charge in [0.25, 0.3) is 0 Å². The number of rotatable bonds is 28. The fourth-order valence-corrected chi connectivity index (χ4v) is 16.4. The molecule has 8 aliphatic rings. The van der Waals surface area contributed by atoms with Crippen LogP contribution in [0.3, 0.4) is 0 Å². The Morgan fingerprint density at radius 2 is 0.723 bits per heavy atom. The minimum atomic E-state index is -0.0371. The van der Waals surface area contributed by atoms with E-state index < -0.39 is 0 Å². The van der Waals surface area contributed by atoms with Crippen molar-refractivity contribution in [1.29, 1.82) is 0 Å². The summed E-state index contributed by atoms with van der Waals surface area (Å²) in [5.74, 6) is 6.95. The lowest BCUT2D eigenvalue weighted by Crippen LogP contribution is -2.54. The second-order valence-corrected chi connectivity index (χ2v) is 30.0. The average molecular weight is 1160 g/mol. The highest BCUT2D eigenvalue weighted by atomic mass is 16.2. The van der Waals surface area contributed by atoms with Crippen molar-refractivity contribution in [2.75, 3.05) is 67.0 Å². The van der Waals surface area contributed by atoms with E-state index in [2.05, 4.69) is 60.3 Å². The predicted molar refractivity (Wildman–Crippen MR) is 341 cm³/mol. The van der Waals surface area contributed by atoms with Gasteiger partial charge in [-0.1, -0.05) is 132 Å². The predicted octanol–water partition coefficient (Wildman–Crippen LogP) is 15.0. The van der Waals surface area contributed by atoms with E-state index in [0.717, 1.165) is 147 Å². The Balaban J connectivity index is 0.000000229. The van der Waals surface area contributed by atoms with Gasteiger partial charge in [-0.05, 0) is 170 Å². The van der Waals surface area contributed by atoms with E-state index in [1.165, 1.54) is 122 Å². The number of amides is 6. The molecule has 0 N–H and O–H groups in total. The van der Waals surface area contributed by atoms with Crippen molar-refractivity contribution in [2.24, 2.45) is 58.7 Å². The first-order valence-corrected chi connectivity index (χ1v) is 35.3. The van der Waals surface area contributed by atoms with Gasteiger partial charge >= 0.3 is 0 Å². The van der Waals surface area contributed by atoms with E-state index in [0.29, 0.717) is 78.6 Å². The highest BCUT2D eigenvalue weighted by molar-refractivity contribution is 5.83. The molecule has 12 heteroatoms. The molecule has 0 heterocycles. The van der Waals surface area contributed by atoms with Gasteiger partial charge in [0.1, 0.15) is 0 Å². The van der Waals surface area contributed by atoms with Crippen molar-refractivity contribution >= 4 is 35.4 Å². The molecule has 0 aliphatic heterocycles. The summed E-state index contributed by atoms with van der Waals surface area (Å²) >= 11 is 0. The summed E-state index contributed by atoms with van der Waals surface area (Å²) in [4.78, 5) is 89.0. The maximum absolute atomic E-state index is 13.3. The molecule has 0 aromatic rings. The summed E-state index contributed by atoms with van der Waals surface area (Å²) in [6, 6.07) is 0.918. The highest BCUT2D eigenvalue weighted by Crippen LogP contribution is 2.60. The standard InChI is InChI=1S/2C25H44N2O2.C21H40N2O2/c1-18(2)16-27(17-19(3)4)23(28)8-6-7-9-26(5)24(29)25-13-20-10-21(14-25)12-22(11-20)15-25;1-26(22-15-7-3-8-16-22)24(28)19-11-12-20-27(23-17-9-4-10-18-23)25(29)21-13-5-2-6-14-21;1-17(2)15-23(16-18(3)4)20(24)13-9-10-14-22(5)21(25)19-11-7-6-8-12-19/h18-22H,6-17H2,1-5H3;21-23H,2-20H2,1H3;17-19H,6-16H2,1-5H3. The third kappa shape index (κ3) is 24.1. The van der Waals surface area contributed by atoms with Gasteiger partial charge in [-0.2, -0.15) is 0 Å². The average Bonchev–Trinajstić information content (AvgIpc) is 3.58. The van der Waals surface area contributed by atoms with Crippen LogP contribution in [0.25, 0.3) is 0 Å². The van der Waals surface area contributed by atoms with Gasteiger partial charge in [0.15, 0.2) is 0 Å². The third-order valence-corrected chi connectivity index (χ3v) is 20.3. The molecule has 0 aromatic carbocycles. The SMILES string of the molecule is CC(C)CN(CC(C)C)C(=O)CCCCN(C)C(=O)C12CC3CC(CC(C3)C1)C2.CC(C)CN(CC(C)C)C(=O)CCCCN(C)C(=O)C1CCCCC1.CN(C(=O)CCCCN(C(=O)C1CCCCC1)C1CCCCC1)C1CCCCC1. The fraction of sp³-hybridized carbons (Fsp3) is 0.915. The Kier molecular flexibility index (Phi) is 31.3.